The molecule has 1 amide bonds. The van der Waals surface area contributed by atoms with E-state index in [0.29, 0.717) is 18.0 Å². The van der Waals surface area contributed by atoms with Crippen molar-refractivity contribution in [3.05, 3.63) is 35.4 Å². The summed E-state index contributed by atoms with van der Waals surface area (Å²) in [5, 5.41) is 3.05. The fourth-order valence-electron chi connectivity index (χ4n) is 2.34. The number of halogens is 3. The van der Waals surface area contributed by atoms with Gasteiger partial charge >= 0.3 is 6.18 Å². The van der Waals surface area contributed by atoms with Crippen LogP contribution in [0.5, 0.6) is 0 Å². The molecule has 0 spiro atoms. The molecular formula is C15H19F3N2O. The maximum Gasteiger partial charge on any atom is 0.416 e. The van der Waals surface area contributed by atoms with Crippen LogP contribution in [0.2, 0.25) is 0 Å². The van der Waals surface area contributed by atoms with Crippen LogP contribution < -0.4 is 5.32 Å². The second-order valence-electron chi connectivity index (χ2n) is 5.67. The summed E-state index contributed by atoms with van der Waals surface area (Å²) in [6.07, 6.45) is -3.81. The molecule has 1 fully saturated rings. The molecule has 1 saturated heterocycles. The average Bonchev–Trinajstić information content (AvgIpc) is 2.77. The summed E-state index contributed by atoms with van der Waals surface area (Å²) < 4.78 is 37.7. The molecule has 6 heteroatoms. The predicted molar refractivity (Wildman–Crippen MR) is 73.4 cm³/mol. The Labute approximate surface area is 122 Å². The number of alkyl halides is 3. The van der Waals surface area contributed by atoms with Gasteiger partial charge in [0.15, 0.2) is 0 Å². The normalized spacial score (nSPS) is 19.6. The van der Waals surface area contributed by atoms with Gasteiger partial charge in [0.05, 0.1) is 12.1 Å². The van der Waals surface area contributed by atoms with Gasteiger partial charge < -0.3 is 4.90 Å². The van der Waals surface area contributed by atoms with E-state index >= 15 is 0 Å². The number of hydrogen-bond donors (Lipinski definition) is 1. The molecule has 0 bridgehead atoms. The van der Waals surface area contributed by atoms with Crippen LogP contribution in [0, 0.1) is 5.92 Å². The van der Waals surface area contributed by atoms with E-state index in [0.717, 1.165) is 18.6 Å². The third kappa shape index (κ3) is 3.75. The Bertz CT molecular complexity index is 497. The summed E-state index contributed by atoms with van der Waals surface area (Å²) in [4.78, 5) is 13.6. The zero-order chi connectivity index (χ0) is 15.6. The number of nitrogens with zero attached hydrogens (tertiary/aromatic N) is 1. The quantitative estimate of drug-likeness (QED) is 0.926. The summed E-state index contributed by atoms with van der Waals surface area (Å²) in [6.45, 7) is 4.97. The van der Waals surface area contributed by atoms with Gasteiger partial charge in [0.2, 0.25) is 5.91 Å². The SMILES string of the molecule is CC(C)CCN1C(=O)CNC1c1ccc(C(F)(F)F)cc1. The molecule has 1 heterocycles. The van der Waals surface area contributed by atoms with Gasteiger partial charge in [0.1, 0.15) is 6.17 Å². The highest BCUT2D eigenvalue weighted by molar-refractivity contribution is 5.80. The van der Waals surface area contributed by atoms with Gasteiger partial charge in [-0.2, -0.15) is 13.2 Å². The van der Waals surface area contributed by atoms with E-state index in [1.165, 1.54) is 12.1 Å². The predicted octanol–water partition coefficient (Wildman–Crippen LogP) is 3.18. The lowest BCUT2D eigenvalue weighted by molar-refractivity contribution is -0.137. The van der Waals surface area contributed by atoms with Crippen molar-refractivity contribution in [2.45, 2.75) is 32.6 Å². The molecule has 1 unspecified atom stereocenters. The summed E-state index contributed by atoms with van der Waals surface area (Å²) in [5.74, 6) is 0.451. The van der Waals surface area contributed by atoms with Crippen molar-refractivity contribution in [1.29, 1.82) is 0 Å². The van der Waals surface area contributed by atoms with Gasteiger partial charge in [-0.05, 0) is 30.0 Å². The number of carbonyl (C=O) groups excluding carboxylic acids is 1. The lowest BCUT2D eigenvalue weighted by Gasteiger charge is -2.25. The van der Waals surface area contributed by atoms with Crippen LogP contribution in [0.1, 0.15) is 37.6 Å². The van der Waals surface area contributed by atoms with E-state index in [2.05, 4.69) is 19.2 Å². The number of amides is 1. The summed E-state index contributed by atoms with van der Waals surface area (Å²) in [6, 6.07) is 4.98. The third-order valence-electron chi connectivity index (χ3n) is 3.58. The lowest BCUT2D eigenvalue weighted by Crippen LogP contribution is -2.31. The minimum absolute atomic E-state index is 0.0134. The fraction of sp³-hybridized carbons (Fsp3) is 0.533. The first-order chi connectivity index (χ1) is 9.79. The first-order valence-electron chi connectivity index (χ1n) is 6.99. The first kappa shape index (κ1) is 15.8. The molecule has 1 aromatic carbocycles. The summed E-state index contributed by atoms with van der Waals surface area (Å²) in [7, 11) is 0. The molecule has 1 N–H and O–H groups in total. The lowest BCUT2D eigenvalue weighted by atomic mass is 10.1. The maximum absolute atomic E-state index is 12.6. The van der Waals surface area contributed by atoms with Gasteiger partial charge in [-0.25, -0.2) is 0 Å². The highest BCUT2D eigenvalue weighted by Crippen LogP contribution is 2.31. The van der Waals surface area contributed by atoms with E-state index in [4.69, 9.17) is 0 Å². The van der Waals surface area contributed by atoms with Crippen LogP contribution in [0.3, 0.4) is 0 Å². The van der Waals surface area contributed by atoms with Crippen LogP contribution >= 0.6 is 0 Å². The fourth-order valence-corrected chi connectivity index (χ4v) is 2.34. The maximum atomic E-state index is 12.6. The molecule has 0 radical (unpaired) electrons. The van der Waals surface area contributed by atoms with Crippen LogP contribution in [-0.4, -0.2) is 23.9 Å². The van der Waals surface area contributed by atoms with Crippen molar-refractivity contribution in [1.82, 2.24) is 10.2 Å². The van der Waals surface area contributed by atoms with Crippen molar-refractivity contribution >= 4 is 5.91 Å². The molecule has 0 aliphatic carbocycles. The zero-order valence-electron chi connectivity index (χ0n) is 12.1. The van der Waals surface area contributed by atoms with Crippen LogP contribution in [0.25, 0.3) is 0 Å². The minimum Gasteiger partial charge on any atom is -0.322 e. The molecule has 1 aromatic rings. The molecule has 1 aliphatic heterocycles. The minimum atomic E-state index is -4.34. The Hall–Kier alpha value is -1.56. The van der Waals surface area contributed by atoms with E-state index in [-0.39, 0.29) is 18.6 Å². The molecule has 116 valence electrons. The average molecular weight is 300 g/mol. The third-order valence-corrected chi connectivity index (χ3v) is 3.58. The highest BCUT2D eigenvalue weighted by atomic mass is 19.4. The van der Waals surface area contributed by atoms with Crippen LogP contribution in [0.4, 0.5) is 13.2 Å². The molecule has 3 nitrogen and oxygen atoms in total. The van der Waals surface area contributed by atoms with E-state index in [1.54, 1.807) is 4.90 Å². The first-order valence-corrected chi connectivity index (χ1v) is 6.99. The number of carbonyl (C=O) groups is 1. The van der Waals surface area contributed by atoms with Crippen LogP contribution in [-0.2, 0) is 11.0 Å². The molecular weight excluding hydrogens is 281 g/mol. The number of rotatable bonds is 4. The second kappa shape index (κ2) is 6.05. The number of hydrogen-bond acceptors (Lipinski definition) is 2. The molecule has 0 saturated carbocycles. The van der Waals surface area contributed by atoms with E-state index in [9.17, 15) is 18.0 Å². The number of nitrogens with one attached hydrogen (secondary N) is 1. The van der Waals surface area contributed by atoms with Gasteiger partial charge in [0.25, 0.3) is 0 Å². The number of benzene rings is 1. The van der Waals surface area contributed by atoms with Crippen molar-refractivity contribution in [2.24, 2.45) is 5.92 Å². The van der Waals surface area contributed by atoms with Gasteiger partial charge in [-0.1, -0.05) is 26.0 Å². The highest BCUT2D eigenvalue weighted by Gasteiger charge is 2.33. The smallest absolute Gasteiger partial charge is 0.322 e. The van der Waals surface area contributed by atoms with E-state index < -0.39 is 11.7 Å². The Morgan fingerprint density at radius 2 is 1.90 bits per heavy atom. The molecule has 2 rings (SSSR count). The largest absolute Gasteiger partial charge is 0.416 e. The standard InChI is InChI=1S/C15H19F3N2O/c1-10(2)7-8-20-13(21)9-19-14(20)11-3-5-12(6-4-11)15(16,17)18/h3-6,10,14,19H,7-9H2,1-2H3. The summed E-state index contributed by atoms with van der Waals surface area (Å²) in [5.41, 5.74) is 0.00177. The molecule has 1 atom stereocenters. The van der Waals surface area contributed by atoms with Gasteiger partial charge in [-0.15, -0.1) is 0 Å². The molecule has 1 aliphatic rings. The monoisotopic (exact) mass is 300 g/mol. The summed E-state index contributed by atoms with van der Waals surface area (Å²) >= 11 is 0. The second-order valence-corrected chi connectivity index (χ2v) is 5.67. The van der Waals surface area contributed by atoms with Gasteiger partial charge in [-0.3, -0.25) is 10.1 Å². The van der Waals surface area contributed by atoms with Gasteiger partial charge in [0, 0.05) is 6.54 Å². The Morgan fingerprint density at radius 1 is 1.29 bits per heavy atom. The van der Waals surface area contributed by atoms with Crippen molar-refractivity contribution in [2.75, 3.05) is 13.1 Å². The topological polar surface area (TPSA) is 32.3 Å². The van der Waals surface area contributed by atoms with Crippen molar-refractivity contribution in [3.63, 3.8) is 0 Å². The zero-order valence-corrected chi connectivity index (χ0v) is 12.1. The van der Waals surface area contributed by atoms with E-state index in [1.807, 2.05) is 0 Å². The Morgan fingerprint density at radius 3 is 2.43 bits per heavy atom. The van der Waals surface area contributed by atoms with Crippen LogP contribution in [0.15, 0.2) is 24.3 Å². The Kier molecular flexibility index (Phi) is 4.56. The van der Waals surface area contributed by atoms with Crippen molar-refractivity contribution in [3.8, 4) is 0 Å². The molecule has 0 aromatic heterocycles. The Balaban J connectivity index is 2.14. The molecule has 21 heavy (non-hydrogen) atoms. The van der Waals surface area contributed by atoms with Crippen molar-refractivity contribution < 1.29 is 18.0 Å².